The Morgan fingerprint density at radius 2 is 2.25 bits per heavy atom. The number of rotatable bonds is 5. The molecule has 0 radical (unpaired) electrons. The molecule has 2 aromatic rings. The SMILES string of the molecule is CCCCOC(=O)c1csc2ncn(C(C)C)c(=O)c12. The Balaban J connectivity index is 2.42. The smallest absolute Gasteiger partial charge is 0.339 e. The maximum absolute atomic E-state index is 12.4. The summed E-state index contributed by atoms with van der Waals surface area (Å²) >= 11 is 1.29. The van der Waals surface area contributed by atoms with E-state index in [-0.39, 0.29) is 11.6 Å². The third-order valence-electron chi connectivity index (χ3n) is 3.03. The van der Waals surface area contributed by atoms with E-state index in [0.717, 1.165) is 12.8 Å². The summed E-state index contributed by atoms with van der Waals surface area (Å²) in [6.07, 6.45) is 3.31. The third-order valence-corrected chi connectivity index (χ3v) is 3.91. The van der Waals surface area contributed by atoms with Gasteiger partial charge in [0.05, 0.1) is 23.9 Å². The Bertz CT molecular complexity index is 673. The van der Waals surface area contributed by atoms with Crippen molar-refractivity contribution in [3.05, 3.63) is 27.6 Å². The topological polar surface area (TPSA) is 61.2 Å². The minimum atomic E-state index is -0.440. The lowest BCUT2D eigenvalue weighted by Crippen LogP contribution is -2.23. The van der Waals surface area contributed by atoms with Gasteiger partial charge in [-0.2, -0.15) is 0 Å². The van der Waals surface area contributed by atoms with E-state index in [1.807, 2.05) is 20.8 Å². The summed E-state index contributed by atoms with van der Waals surface area (Å²) in [6, 6.07) is 0.00302. The molecule has 20 heavy (non-hydrogen) atoms. The van der Waals surface area contributed by atoms with Crippen molar-refractivity contribution < 1.29 is 9.53 Å². The molecule has 0 N–H and O–H groups in total. The first-order valence-electron chi connectivity index (χ1n) is 6.71. The average Bonchev–Trinajstić information content (AvgIpc) is 2.83. The van der Waals surface area contributed by atoms with Crippen LogP contribution in [0.25, 0.3) is 10.2 Å². The molecule has 0 aliphatic carbocycles. The maximum atomic E-state index is 12.4. The van der Waals surface area contributed by atoms with Gasteiger partial charge in [-0.25, -0.2) is 9.78 Å². The Labute approximate surface area is 121 Å². The van der Waals surface area contributed by atoms with Gasteiger partial charge in [-0.1, -0.05) is 13.3 Å². The first-order valence-corrected chi connectivity index (χ1v) is 7.59. The van der Waals surface area contributed by atoms with Gasteiger partial charge in [0.25, 0.3) is 5.56 Å². The van der Waals surface area contributed by atoms with Crippen LogP contribution < -0.4 is 5.56 Å². The van der Waals surface area contributed by atoms with Gasteiger partial charge in [-0.05, 0) is 20.3 Å². The molecule has 0 saturated carbocycles. The zero-order valence-electron chi connectivity index (χ0n) is 11.9. The molecule has 0 atom stereocenters. The van der Waals surface area contributed by atoms with Crippen LogP contribution in [0.2, 0.25) is 0 Å². The fourth-order valence-electron chi connectivity index (χ4n) is 1.85. The molecule has 0 fully saturated rings. The van der Waals surface area contributed by atoms with Crippen molar-refractivity contribution >= 4 is 27.5 Å². The van der Waals surface area contributed by atoms with Crippen LogP contribution in [0.4, 0.5) is 0 Å². The molecule has 0 saturated heterocycles. The minimum absolute atomic E-state index is 0.00302. The number of unbranched alkanes of at least 4 members (excludes halogenated alkanes) is 1. The summed E-state index contributed by atoms with van der Waals surface area (Å²) in [6.45, 7) is 6.21. The summed E-state index contributed by atoms with van der Waals surface area (Å²) in [5.74, 6) is -0.440. The lowest BCUT2D eigenvalue weighted by molar-refractivity contribution is 0.0502. The molecule has 0 aliphatic rings. The van der Waals surface area contributed by atoms with Crippen LogP contribution in [0.5, 0.6) is 0 Å². The normalized spacial score (nSPS) is 11.2. The van der Waals surface area contributed by atoms with Crippen molar-refractivity contribution in [2.24, 2.45) is 0 Å². The van der Waals surface area contributed by atoms with E-state index >= 15 is 0 Å². The van der Waals surface area contributed by atoms with Gasteiger partial charge >= 0.3 is 5.97 Å². The van der Waals surface area contributed by atoms with Crippen LogP contribution in [0.1, 0.15) is 50.0 Å². The van der Waals surface area contributed by atoms with Gasteiger partial charge in [0.15, 0.2) is 0 Å². The van der Waals surface area contributed by atoms with Crippen molar-refractivity contribution in [1.82, 2.24) is 9.55 Å². The van der Waals surface area contributed by atoms with Crippen LogP contribution in [-0.2, 0) is 4.74 Å². The second-order valence-electron chi connectivity index (χ2n) is 4.87. The average molecular weight is 294 g/mol. The maximum Gasteiger partial charge on any atom is 0.339 e. The first kappa shape index (κ1) is 14.7. The molecule has 0 bridgehead atoms. The Morgan fingerprint density at radius 1 is 1.50 bits per heavy atom. The number of nitrogens with zero attached hydrogens (tertiary/aromatic N) is 2. The lowest BCUT2D eigenvalue weighted by Gasteiger charge is -2.09. The van der Waals surface area contributed by atoms with Gasteiger partial charge in [-0.15, -0.1) is 11.3 Å². The number of thiophene rings is 1. The fraction of sp³-hybridized carbons (Fsp3) is 0.500. The summed E-state index contributed by atoms with van der Waals surface area (Å²) in [4.78, 5) is 29.3. The second kappa shape index (κ2) is 6.17. The number of carbonyl (C=O) groups excluding carboxylic acids is 1. The van der Waals surface area contributed by atoms with Crippen LogP contribution in [0.3, 0.4) is 0 Å². The molecule has 6 heteroatoms. The number of hydrogen-bond donors (Lipinski definition) is 0. The Hall–Kier alpha value is -1.69. The summed E-state index contributed by atoms with van der Waals surface area (Å²) in [5.41, 5.74) is 0.141. The predicted molar refractivity (Wildman–Crippen MR) is 79.5 cm³/mol. The Kier molecular flexibility index (Phi) is 4.54. The number of ether oxygens (including phenoxy) is 1. The molecule has 0 spiro atoms. The molecule has 0 aliphatic heterocycles. The number of esters is 1. The van der Waals surface area contributed by atoms with E-state index in [0.29, 0.717) is 22.4 Å². The van der Waals surface area contributed by atoms with Crippen molar-refractivity contribution in [2.45, 2.75) is 39.7 Å². The van der Waals surface area contributed by atoms with Crippen molar-refractivity contribution in [1.29, 1.82) is 0 Å². The number of fused-ring (bicyclic) bond motifs is 1. The zero-order chi connectivity index (χ0) is 14.7. The molecule has 108 valence electrons. The van der Waals surface area contributed by atoms with Crippen molar-refractivity contribution in [3.8, 4) is 0 Å². The van der Waals surface area contributed by atoms with E-state index in [1.165, 1.54) is 22.2 Å². The van der Waals surface area contributed by atoms with Crippen molar-refractivity contribution in [3.63, 3.8) is 0 Å². The highest BCUT2D eigenvalue weighted by atomic mass is 32.1. The van der Waals surface area contributed by atoms with Crippen LogP contribution in [0.15, 0.2) is 16.5 Å². The molecule has 5 nitrogen and oxygen atoms in total. The highest BCUT2D eigenvalue weighted by molar-refractivity contribution is 7.17. The van der Waals surface area contributed by atoms with E-state index in [9.17, 15) is 9.59 Å². The summed E-state index contributed by atoms with van der Waals surface area (Å²) < 4.78 is 6.71. The van der Waals surface area contributed by atoms with Gasteiger partial charge in [-0.3, -0.25) is 9.36 Å². The largest absolute Gasteiger partial charge is 0.462 e. The number of aromatic nitrogens is 2. The monoisotopic (exact) mass is 294 g/mol. The molecule has 2 heterocycles. The van der Waals surface area contributed by atoms with E-state index in [4.69, 9.17) is 4.74 Å². The summed E-state index contributed by atoms with van der Waals surface area (Å²) in [5, 5.41) is 2.02. The standard InChI is InChI=1S/C14H18N2O3S/c1-4-5-6-19-14(18)10-7-20-12-11(10)13(17)16(8-15-12)9(2)3/h7-9H,4-6H2,1-3H3. The molecule has 0 aromatic carbocycles. The molecule has 0 amide bonds. The fourth-order valence-corrected chi connectivity index (χ4v) is 2.72. The first-order chi connectivity index (χ1) is 9.56. The quantitative estimate of drug-likeness (QED) is 0.628. The minimum Gasteiger partial charge on any atom is -0.462 e. The molecular weight excluding hydrogens is 276 g/mol. The zero-order valence-corrected chi connectivity index (χ0v) is 12.7. The van der Waals surface area contributed by atoms with Gasteiger partial charge in [0.2, 0.25) is 0 Å². The van der Waals surface area contributed by atoms with Crippen molar-refractivity contribution in [2.75, 3.05) is 6.61 Å². The number of carbonyl (C=O) groups is 1. The lowest BCUT2D eigenvalue weighted by atomic mass is 10.2. The molecular formula is C14H18N2O3S. The second-order valence-corrected chi connectivity index (χ2v) is 5.73. The molecule has 2 aromatic heterocycles. The van der Waals surface area contributed by atoms with Gasteiger partial charge in [0, 0.05) is 11.4 Å². The van der Waals surface area contributed by atoms with E-state index in [2.05, 4.69) is 4.98 Å². The summed E-state index contributed by atoms with van der Waals surface area (Å²) in [7, 11) is 0. The van der Waals surface area contributed by atoms with Crippen LogP contribution >= 0.6 is 11.3 Å². The van der Waals surface area contributed by atoms with E-state index in [1.54, 1.807) is 5.38 Å². The molecule has 0 unspecified atom stereocenters. The van der Waals surface area contributed by atoms with Crippen LogP contribution in [-0.4, -0.2) is 22.1 Å². The molecule has 2 rings (SSSR count). The van der Waals surface area contributed by atoms with Gasteiger partial charge < -0.3 is 4.74 Å². The number of hydrogen-bond acceptors (Lipinski definition) is 5. The highest BCUT2D eigenvalue weighted by Gasteiger charge is 2.19. The highest BCUT2D eigenvalue weighted by Crippen LogP contribution is 2.22. The third kappa shape index (κ3) is 2.75. The van der Waals surface area contributed by atoms with E-state index < -0.39 is 5.97 Å². The Morgan fingerprint density at radius 3 is 2.90 bits per heavy atom. The predicted octanol–water partition coefficient (Wildman–Crippen LogP) is 3.00. The van der Waals surface area contributed by atoms with Gasteiger partial charge in [0.1, 0.15) is 4.83 Å². The van der Waals surface area contributed by atoms with Crippen LogP contribution in [0, 0.1) is 0 Å².